The third kappa shape index (κ3) is 4.40. The van der Waals surface area contributed by atoms with E-state index in [0.29, 0.717) is 42.8 Å². The van der Waals surface area contributed by atoms with Crippen LogP contribution in [-0.4, -0.2) is 41.8 Å². The molecule has 172 valence electrons. The van der Waals surface area contributed by atoms with E-state index in [1.165, 1.54) is 36.1 Å². The van der Waals surface area contributed by atoms with E-state index in [0.717, 1.165) is 0 Å². The number of ketones is 1. The number of carbonyl (C=O) groups excluding carboxylic acids is 3. The number of primary amides is 1. The normalized spacial score (nSPS) is 21.9. The van der Waals surface area contributed by atoms with Gasteiger partial charge in [-0.25, -0.2) is 9.37 Å². The van der Waals surface area contributed by atoms with Crippen molar-refractivity contribution >= 4 is 23.3 Å². The molecule has 2 amide bonds. The summed E-state index contributed by atoms with van der Waals surface area (Å²) in [5.41, 5.74) is 5.95. The molecule has 0 bridgehead atoms. The van der Waals surface area contributed by atoms with Gasteiger partial charge in [0, 0.05) is 54.6 Å². The Hall–Kier alpha value is -3.49. The molecule has 2 aromatic rings. The number of pyridine rings is 1. The zero-order valence-electron chi connectivity index (χ0n) is 18.0. The van der Waals surface area contributed by atoms with Crippen LogP contribution in [0.3, 0.4) is 0 Å². The number of amides is 2. The van der Waals surface area contributed by atoms with Gasteiger partial charge in [0.15, 0.2) is 11.9 Å². The Morgan fingerprint density at radius 2 is 2.03 bits per heavy atom. The summed E-state index contributed by atoms with van der Waals surface area (Å²) in [4.78, 5) is 42.3. The summed E-state index contributed by atoms with van der Waals surface area (Å²) in [5, 5.41) is 0. The average Bonchev–Trinajstić information content (AvgIpc) is 3.47. The van der Waals surface area contributed by atoms with Crippen LogP contribution in [0.5, 0.6) is 11.6 Å². The Kier molecular flexibility index (Phi) is 5.47. The van der Waals surface area contributed by atoms with Crippen molar-refractivity contribution in [3.05, 3.63) is 47.4 Å². The first-order valence-electron chi connectivity index (χ1n) is 11.1. The molecule has 3 aliphatic rings. The standard InChI is InChI=1S/C24H24FN3O5/c25-18-10-15(9-17-19(29)7-14(23(17)18)8-21(26)30)28-6-5-20(24(28)31)33-16-3-4-22(27-11-16)32-12-13-1-2-13/h3-4,9-11,13-14,20H,1-2,5-8,12H2,(H2,26,30)/t14?,20-/m1/s1. The lowest BCUT2D eigenvalue weighted by molar-refractivity contribution is -0.123. The number of hydrogen-bond donors (Lipinski definition) is 1. The minimum Gasteiger partial charge on any atom is -0.479 e. The molecule has 1 aliphatic heterocycles. The molecule has 5 rings (SSSR count). The van der Waals surface area contributed by atoms with Crippen molar-refractivity contribution in [2.45, 2.75) is 44.1 Å². The summed E-state index contributed by atoms with van der Waals surface area (Å²) in [5.74, 6) is -0.751. The zero-order valence-corrected chi connectivity index (χ0v) is 18.0. The van der Waals surface area contributed by atoms with Crippen LogP contribution in [0.1, 0.15) is 53.9 Å². The Bertz CT molecular complexity index is 1120. The molecule has 0 radical (unpaired) electrons. The van der Waals surface area contributed by atoms with Gasteiger partial charge in [0.2, 0.25) is 11.8 Å². The van der Waals surface area contributed by atoms with Crippen LogP contribution in [0.4, 0.5) is 10.1 Å². The highest BCUT2D eigenvalue weighted by Crippen LogP contribution is 2.40. The molecule has 1 unspecified atom stereocenters. The maximum atomic E-state index is 14.9. The van der Waals surface area contributed by atoms with E-state index in [9.17, 15) is 18.8 Å². The van der Waals surface area contributed by atoms with E-state index < -0.39 is 23.7 Å². The van der Waals surface area contributed by atoms with Crippen LogP contribution >= 0.6 is 0 Å². The first kappa shape index (κ1) is 21.4. The molecular weight excluding hydrogens is 429 g/mol. The van der Waals surface area contributed by atoms with E-state index in [1.807, 2.05) is 0 Å². The number of rotatable bonds is 8. The largest absolute Gasteiger partial charge is 0.479 e. The molecular formula is C24H24FN3O5. The summed E-state index contributed by atoms with van der Waals surface area (Å²) in [6.45, 7) is 0.989. The predicted molar refractivity (Wildman–Crippen MR) is 116 cm³/mol. The van der Waals surface area contributed by atoms with Gasteiger partial charge in [-0.05, 0) is 37.0 Å². The number of fused-ring (bicyclic) bond motifs is 1. The fourth-order valence-corrected chi connectivity index (χ4v) is 4.45. The van der Waals surface area contributed by atoms with Crippen LogP contribution in [0.25, 0.3) is 0 Å². The van der Waals surface area contributed by atoms with Gasteiger partial charge in [-0.2, -0.15) is 0 Å². The molecule has 8 nitrogen and oxygen atoms in total. The highest BCUT2D eigenvalue weighted by molar-refractivity contribution is 6.05. The summed E-state index contributed by atoms with van der Waals surface area (Å²) >= 11 is 0. The van der Waals surface area contributed by atoms with Crippen molar-refractivity contribution in [1.29, 1.82) is 0 Å². The van der Waals surface area contributed by atoms with E-state index >= 15 is 0 Å². The van der Waals surface area contributed by atoms with Gasteiger partial charge >= 0.3 is 0 Å². The Labute approximate surface area is 189 Å². The van der Waals surface area contributed by atoms with Crippen molar-refractivity contribution in [1.82, 2.24) is 4.98 Å². The first-order valence-corrected chi connectivity index (χ1v) is 11.1. The number of ether oxygens (including phenoxy) is 2. The molecule has 0 spiro atoms. The first-order chi connectivity index (χ1) is 15.9. The molecule has 2 N–H and O–H groups in total. The molecule has 2 fully saturated rings. The van der Waals surface area contributed by atoms with Crippen LogP contribution in [0.15, 0.2) is 30.5 Å². The second kappa shape index (κ2) is 8.46. The summed E-state index contributed by atoms with van der Waals surface area (Å²) in [7, 11) is 0. The minimum atomic E-state index is -0.736. The lowest BCUT2D eigenvalue weighted by Crippen LogP contribution is -2.32. The fraction of sp³-hybridized carbons (Fsp3) is 0.417. The van der Waals surface area contributed by atoms with E-state index in [1.54, 1.807) is 12.1 Å². The van der Waals surface area contributed by atoms with Gasteiger partial charge in [0.05, 0.1) is 12.8 Å². The van der Waals surface area contributed by atoms with Crippen LogP contribution < -0.4 is 20.1 Å². The quantitative estimate of drug-likeness (QED) is 0.658. The molecule has 2 atom stereocenters. The third-order valence-electron chi connectivity index (χ3n) is 6.32. The number of halogens is 1. The van der Waals surface area contributed by atoms with Gasteiger partial charge in [0.25, 0.3) is 5.91 Å². The third-order valence-corrected chi connectivity index (χ3v) is 6.32. The topological polar surface area (TPSA) is 112 Å². The second-order valence-corrected chi connectivity index (χ2v) is 8.86. The monoisotopic (exact) mass is 453 g/mol. The number of nitrogens with zero attached hydrogens (tertiary/aromatic N) is 2. The number of benzene rings is 1. The Morgan fingerprint density at radius 1 is 1.21 bits per heavy atom. The Balaban J connectivity index is 1.27. The molecule has 1 saturated carbocycles. The number of anilines is 1. The maximum Gasteiger partial charge on any atom is 0.268 e. The predicted octanol–water partition coefficient (Wildman–Crippen LogP) is 2.74. The zero-order chi connectivity index (χ0) is 23.1. The number of hydrogen-bond acceptors (Lipinski definition) is 6. The van der Waals surface area contributed by atoms with E-state index in [-0.39, 0.29) is 35.7 Å². The lowest BCUT2D eigenvalue weighted by atomic mass is 9.96. The summed E-state index contributed by atoms with van der Waals surface area (Å²) in [6.07, 6.45) is 3.52. The second-order valence-electron chi connectivity index (χ2n) is 8.86. The number of aromatic nitrogens is 1. The van der Waals surface area contributed by atoms with Crippen molar-refractivity contribution in [2.75, 3.05) is 18.1 Å². The van der Waals surface area contributed by atoms with Crippen molar-refractivity contribution < 1.29 is 28.2 Å². The number of Topliss-reactive ketones (excluding diaryl/α,β-unsaturated/α-hetero) is 1. The van der Waals surface area contributed by atoms with E-state index in [4.69, 9.17) is 15.2 Å². The fourth-order valence-electron chi connectivity index (χ4n) is 4.45. The van der Waals surface area contributed by atoms with Gasteiger partial charge < -0.3 is 20.1 Å². The minimum absolute atomic E-state index is 0.0334. The summed E-state index contributed by atoms with van der Waals surface area (Å²) in [6, 6.07) is 6.17. The molecule has 2 aliphatic carbocycles. The molecule has 9 heteroatoms. The molecule has 1 saturated heterocycles. The van der Waals surface area contributed by atoms with Crippen molar-refractivity contribution in [3.8, 4) is 11.6 Å². The number of carbonyl (C=O) groups is 3. The molecule has 1 aromatic carbocycles. The average molecular weight is 453 g/mol. The van der Waals surface area contributed by atoms with Crippen molar-refractivity contribution in [3.63, 3.8) is 0 Å². The van der Waals surface area contributed by atoms with Crippen LogP contribution in [0, 0.1) is 11.7 Å². The van der Waals surface area contributed by atoms with Crippen molar-refractivity contribution in [2.24, 2.45) is 11.7 Å². The van der Waals surface area contributed by atoms with E-state index in [2.05, 4.69) is 4.98 Å². The lowest BCUT2D eigenvalue weighted by Gasteiger charge is -2.19. The highest BCUT2D eigenvalue weighted by atomic mass is 19.1. The summed E-state index contributed by atoms with van der Waals surface area (Å²) < 4.78 is 26.3. The van der Waals surface area contributed by atoms with Gasteiger partial charge in [0.1, 0.15) is 11.6 Å². The molecule has 2 heterocycles. The maximum absolute atomic E-state index is 14.9. The number of nitrogens with two attached hydrogens (primary N) is 1. The molecule has 1 aromatic heterocycles. The van der Waals surface area contributed by atoms with Gasteiger partial charge in [-0.15, -0.1) is 0 Å². The van der Waals surface area contributed by atoms with Crippen LogP contribution in [-0.2, 0) is 9.59 Å². The van der Waals surface area contributed by atoms with Crippen LogP contribution in [0.2, 0.25) is 0 Å². The molecule has 33 heavy (non-hydrogen) atoms. The SMILES string of the molecule is NC(=O)CC1CC(=O)c2cc(N3CC[C@@H](Oc4ccc(OCC5CC5)nc4)C3=O)cc(F)c21. The highest BCUT2D eigenvalue weighted by Gasteiger charge is 2.38. The smallest absolute Gasteiger partial charge is 0.268 e. The van der Waals surface area contributed by atoms with Gasteiger partial charge in [-0.1, -0.05) is 0 Å². The Morgan fingerprint density at radius 3 is 2.73 bits per heavy atom. The van der Waals surface area contributed by atoms with Gasteiger partial charge in [-0.3, -0.25) is 14.4 Å².